The minimum atomic E-state index is -0.202. The largest absolute Gasteiger partial charge is 0.330 e. The standard InChI is InChI=1S/C17H20FN/c1-12-4-3-5-13(2)17(12)10-15(11-19)14-6-8-16(18)9-7-14/h3-9,15H,10-11,19H2,1-2H3. The molecular formula is C17H20FN. The molecular weight excluding hydrogens is 237 g/mol. The Morgan fingerprint density at radius 3 is 2.11 bits per heavy atom. The normalized spacial score (nSPS) is 12.4. The van der Waals surface area contributed by atoms with Crippen LogP contribution in [0.15, 0.2) is 42.5 Å². The van der Waals surface area contributed by atoms with E-state index < -0.39 is 0 Å². The van der Waals surface area contributed by atoms with E-state index in [4.69, 9.17) is 5.73 Å². The van der Waals surface area contributed by atoms with Gasteiger partial charge in [-0.2, -0.15) is 0 Å². The summed E-state index contributed by atoms with van der Waals surface area (Å²) in [5, 5.41) is 0. The van der Waals surface area contributed by atoms with E-state index in [0.29, 0.717) is 6.54 Å². The fourth-order valence-corrected chi connectivity index (χ4v) is 2.49. The van der Waals surface area contributed by atoms with Crippen LogP contribution < -0.4 is 5.73 Å². The Hall–Kier alpha value is -1.67. The summed E-state index contributed by atoms with van der Waals surface area (Å²) >= 11 is 0. The van der Waals surface area contributed by atoms with Gasteiger partial charge in [0.1, 0.15) is 5.82 Å². The van der Waals surface area contributed by atoms with Gasteiger partial charge in [0.2, 0.25) is 0 Å². The third kappa shape index (κ3) is 3.21. The average molecular weight is 257 g/mol. The van der Waals surface area contributed by atoms with Gasteiger partial charge in [-0.15, -0.1) is 0 Å². The Morgan fingerprint density at radius 1 is 1.00 bits per heavy atom. The molecule has 0 bridgehead atoms. The van der Waals surface area contributed by atoms with E-state index in [-0.39, 0.29) is 11.7 Å². The van der Waals surface area contributed by atoms with E-state index in [0.717, 1.165) is 12.0 Å². The lowest BCUT2D eigenvalue weighted by atomic mass is 9.88. The van der Waals surface area contributed by atoms with Gasteiger partial charge >= 0.3 is 0 Å². The van der Waals surface area contributed by atoms with Crippen LogP contribution in [0.1, 0.15) is 28.2 Å². The van der Waals surface area contributed by atoms with E-state index in [1.165, 1.54) is 28.8 Å². The molecule has 19 heavy (non-hydrogen) atoms. The minimum absolute atomic E-state index is 0.202. The third-order valence-electron chi connectivity index (χ3n) is 3.72. The molecule has 2 N–H and O–H groups in total. The molecule has 0 fully saturated rings. The lowest BCUT2D eigenvalue weighted by Gasteiger charge is -2.18. The molecule has 100 valence electrons. The van der Waals surface area contributed by atoms with Crippen molar-refractivity contribution in [1.29, 1.82) is 0 Å². The number of benzene rings is 2. The van der Waals surface area contributed by atoms with Crippen molar-refractivity contribution >= 4 is 0 Å². The van der Waals surface area contributed by atoms with E-state index >= 15 is 0 Å². The van der Waals surface area contributed by atoms with Crippen molar-refractivity contribution in [3.63, 3.8) is 0 Å². The highest BCUT2D eigenvalue weighted by Gasteiger charge is 2.13. The summed E-state index contributed by atoms with van der Waals surface area (Å²) in [7, 11) is 0. The maximum atomic E-state index is 13.0. The molecule has 0 aliphatic rings. The second kappa shape index (κ2) is 5.98. The molecule has 0 radical (unpaired) electrons. The zero-order valence-corrected chi connectivity index (χ0v) is 11.5. The van der Waals surface area contributed by atoms with Crippen molar-refractivity contribution in [2.45, 2.75) is 26.2 Å². The Labute approximate surface area is 114 Å². The number of halogens is 1. The lowest BCUT2D eigenvalue weighted by molar-refractivity contribution is 0.623. The van der Waals surface area contributed by atoms with Crippen LogP contribution in [0, 0.1) is 19.7 Å². The molecule has 1 nitrogen and oxygen atoms in total. The van der Waals surface area contributed by atoms with Gasteiger partial charge in [0.05, 0.1) is 0 Å². The SMILES string of the molecule is Cc1cccc(C)c1CC(CN)c1ccc(F)cc1. The number of hydrogen-bond acceptors (Lipinski definition) is 1. The van der Waals surface area contributed by atoms with Gasteiger partial charge < -0.3 is 5.73 Å². The molecule has 2 rings (SSSR count). The molecule has 0 amide bonds. The molecule has 0 aromatic heterocycles. The van der Waals surface area contributed by atoms with Crippen molar-refractivity contribution in [3.8, 4) is 0 Å². The highest BCUT2D eigenvalue weighted by Crippen LogP contribution is 2.24. The summed E-state index contributed by atoms with van der Waals surface area (Å²) < 4.78 is 13.0. The van der Waals surface area contributed by atoms with Gasteiger partial charge in [-0.3, -0.25) is 0 Å². The van der Waals surface area contributed by atoms with E-state index in [2.05, 4.69) is 32.0 Å². The average Bonchev–Trinajstić information content (AvgIpc) is 2.40. The molecule has 2 heteroatoms. The summed E-state index contributed by atoms with van der Waals surface area (Å²) in [6.45, 7) is 4.82. The molecule has 2 aromatic carbocycles. The Balaban J connectivity index is 2.26. The Kier molecular flexibility index (Phi) is 4.33. The van der Waals surface area contributed by atoms with Crippen LogP contribution in [-0.2, 0) is 6.42 Å². The predicted octanol–water partition coefficient (Wildman–Crippen LogP) is 3.73. The fraction of sp³-hybridized carbons (Fsp3) is 0.294. The van der Waals surface area contributed by atoms with E-state index in [1.54, 1.807) is 0 Å². The van der Waals surface area contributed by atoms with Crippen LogP contribution in [0.2, 0.25) is 0 Å². The van der Waals surface area contributed by atoms with Gasteiger partial charge in [-0.25, -0.2) is 4.39 Å². The van der Waals surface area contributed by atoms with Crippen LogP contribution in [0.25, 0.3) is 0 Å². The molecule has 0 spiro atoms. The molecule has 0 saturated carbocycles. The molecule has 1 unspecified atom stereocenters. The molecule has 0 saturated heterocycles. The summed E-state index contributed by atoms with van der Waals surface area (Å²) in [4.78, 5) is 0. The predicted molar refractivity (Wildman–Crippen MR) is 77.8 cm³/mol. The Morgan fingerprint density at radius 2 is 1.58 bits per heavy atom. The highest BCUT2D eigenvalue weighted by molar-refractivity contribution is 5.36. The molecule has 0 aliphatic heterocycles. The van der Waals surface area contributed by atoms with Crippen LogP contribution >= 0.6 is 0 Å². The van der Waals surface area contributed by atoms with Gasteiger partial charge in [0.25, 0.3) is 0 Å². The molecule has 0 aliphatic carbocycles. The fourth-order valence-electron chi connectivity index (χ4n) is 2.49. The monoisotopic (exact) mass is 257 g/mol. The van der Waals surface area contributed by atoms with Crippen LogP contribution in [-0.4, -0.2) is 6.54 Å². The number of aryl methyl sites for hydroxylation is 2. The maximum absolute atomic E-state index is 13.0. The maximum Gasteiger partial charge on any atom is 0.123 e. The van der Waals surface area contributed by atoms with Crippen molar-refractivity contribution in [3.05, 3.63) is 70.5 Å². The van der Waals surface area contributed by atoms with Gasteiger partial charge in [-0.1, -0.05) is 30.3 Å². The number of hydrogen-bond donors (Lipinski definition) is 1. The molecule has 2 aromatic rings. The first kappa shape index (κ1) is 13.8. The highest BCUT2D eigenvalue weighted by atomic mass is 19.1. The van der Waals surface area contributed by atoms with Gasteiger partial charge in [-0.05, 0) is 61.2 Å². The first-order valence-electron chi connectivity index (χ1n) is 6.62. The second-order valence-corrected chi connectivity index (χ2v) is 5.06. The van der Waals surface area contributed by atoms with Crippen molar-refractivity contribution in [2.75, 3.05) is 6.54 Å². The van der Waals surface area contributed by atoms with Gasteiger partial charge in [0.15, 0.2) is 0 Å². The van der Waals surface area contributed by atoms with Gasteiger partial charge in [0, 0.05) is 5.92 Å². The van der Waals surface area contributed by atoms with Crippen LogP contribution in [0.3, 0.4) is 0 Å². The quantitative estimate of drug-likeness (QED) is 0.887. The Bertz CT molecular complexity index is 525. The van der Waals surface area contributed by atoms with Crippen molar-refractivity contribution in [1.82, 2.24) is 0 Å². The van der Waals surface area contributed by atoms with Crippen molar-refractivity contribution < 1.29 is 4.39 Å². The smallest absolute Gasteiger partial charge is 0.123 e. The summed E-state index contributed by atoms with van der Waals surface area (Å²) in [5.74, 6) is 0.0343. The summed E-state index contributed by atoms with van der Waals surface area (Å²) in [5.41, 5.74) is 10.9. The zero-order valence-electron chi connectivity index (χ0n) is 11.5. The topological polar surface area (TPSA) is 26.0 Å². The minimum Gasteiger partial charge on any atom is -0.330 e. The summed E-state index contributed by atoms with van der Waals surface area (Å²) in [6.07, 6.45) is 0.903. The molecule has 1 atom stereocenters. The number of nitrogens with two attached hydrogens (primary N) is 1. The number of rotatable bonds is 4. The lowest BCUT2D eigenvalue weighted by Crippen LogP contribution is -2.16. The molecule has 0 heterocycles. The van der Waals surface area contributed by atoms with Crippen LogP contribution in [0.4, 0.5) is 4.39 Å². The van der Waals surface area contributed by atoms with Crippen molar-refractivity contribution in [2.24, 2.45) is 5.73 Å². The summed E-state index contributed by atoms with van der Waals surface area (Å²) in [6, 6.07) is 13.0. The third-order valence-corrected chi connectivity index (χ3v) is 3.72. The van der Waals surface area contributed by atoms with E-state index in [9.17, 15) is 4.39 Å². The first-order chi connectivity index (χ1) is 9.11. The first-order valence-corrected chi connectivity index (χ1v) is 6.62. The van der Waals surface area contributed by atoms with E-state index in [1.807, 2.05) is 12.1 Å². The second-order valence-electron chi connectivity index (χ2n) is 5.06. The van der Waals surface area contributed by atoms with Crippen LogP contribution in [0.5, 0.6) is 0 Å². The zero-order chi connectivity index (χ0) is 13.8.